The lowest BCUT2D eigenvalue weighted by Gasteiger charge is -2.36. The molecule has 1 N–H and O–H groups in total. The normalized spacial score (nSPS) is 14.0. The van der Waals surface area contributed by atoms with Gasteiger partial charge < -0.3 is 19.9 Å². The number of hydrogen-bond acceptors (Lipinski definition) is 5. The number of ether oxygens (including phenoxy) is 1. The molecule has 2 aromatic carbocycles. The van der Waals surface area contributed by atoms with Gasteiger partial charge in [-0.05, 0) is 43.4 Å². The minimum Gasteiger partial charge on any atom is -0.497 e. The lowest BCUT2D eigenvalue weighted by molar-refractivity contribution is -0.132. The molecule has 8 heteroatoms. The average Bonchev–Trinajstić information content (AvgIpc) is 2.74. The van der Waals surface area contributed by atoms with Crippen LogP contribution >= 0.6 is 0 Å². The van der Waals surface area contributed by atoms with Crippen LogP contribution in [0.3, 0.4) is 0 Å². The summed E-state index contributed by atoms with van der Waals surface area (Å²) in [4.78, 5) is 30.2. The fourth-order valence-corrected chi connectivity index (χ4v) is 3.41. The Hall–Kier alpha value is -3.13. The number of rotatable bonds is 7. The zero-order chi connectivity index (χ0) is 21.5. The zero-order valence-electron chi connectivity index (χ0n) is 17.3. The van der Waals surface area contributed by atoms with E-state index in [2.05, 4.69) is 5.32 Å². The predicted molar refractivity (Wildman–Crippen MR) is 114 cm³/mol. The van der Waals surface area contributed by atoms with E-state index in [0.717, 1.165) is 0 Å². The number of nitrogens with one attached hydrogen (secondary N) is 1. The Morgan fingerprint density at radius 1 is 1.03 bits per heavy atom. The molecule has 0 bridgehead atoms. The van der Waals surface area contributed by atoms with E-state index in [1.807, 2.05) is 11.0 Å². The standard InChI is InChI=1S/C22H27FN4O3/c1-25(15-21(28)24-17-7-9-18(30-2)10-8-17)16-22(29)27-13-11-26(12-14-27)20-6-4-3-5-19(20)23/h3-10H,11-16H2,1-2H3,(H,24,28). The van der Waals surface area contributed by atoms with Gasteiger partial charge in [-0.25, -0.2) is 4.39 Å². The maximum atomic E-state index is 13.9. The van der Waals surface area contributed by atoms with Gasteiger partial charge in [-0.15, -0.1) is 0 Å². The smallest absolute Gasteiger partial charge is 0.238 e. The fraction of sp³-hybridized carbons (Fsp3) is 0.364. The summed E-state index contributed by atoms with van der Waals surface area (Å²) in [7, 11) is 3.32. The summed E-state index contributed by atoms with van der Waals surface area (Å²) in [5, 5.41) is 2.80. The third kappa shape index (κ3) is 5.70. The zero-order valence-corrected chi connectivity index (χ0v) is 17.3. The molecular weight excluding hydrogens is 387 g/mol. The molecule has 30 heavy (non-hydrogen) atoms. The van der Waals surface area contributed by atoms with Crippen molar-refractivity contribution in [3.63, 3.8) is 0 Å². The minimum absolute atomic E-state index is 0.0390. The highest BCUT2D eigenvalue weighted by atomic mass is 19.1. The van der Waals surface area contributed by atoms with Gasteiger partial charge in [-0.2, -0.15) is 0 Å². The van der Waals surface area contributed by atoms with Crippen LogP contribution in [-0.2, 0) is 9.59 Å². The molecule has 0 aromatic heterocycles. The molecule has 3 rings (SSSR count). The third-order valence-electron chi connectivity index (χ3n) is 5.02. The van der Waals surface area contributed by atoms with Crippen molar-refractivity contribution in [1.82, 2.24) is 9.80 Å². The molecule has 2 aromatic rings. The van der Waals surface area contributed by atoms with E-state index in [9.17, 15) is 14.0 Å². The Bertz CT molecular complexity index is 867. The Morgan fingerprint density at radius 3 is 2.33 bits per heavy atom. The fourth-order valence-electron chi connectivity index (χ4n) is 3.41. The molecule has 1 aliphatic rings. The van der Waals surface area contributed by atoms with Crippen LogP contribution in [0.1, 0.15) is 0 Å². The second-order valence-corrected chi connectivity index (χ2v) is 7.27. The number of hydrogen-bond donors (Lipinski definition) is 1. The molecular formula is C22H27FN4O3. The number of methoxy groups -OCH3 is 1. The van der Waals surface area contributed by atoms with E-state index in [1.165, 1.54) is 6.07 Å². The van der Waals surface area contributed by atoms with Crippen LogP contribution in [0.15, 0.2) is 48.5 Å². The highest BCUT2D eigenvalue weighted by Gasteiger charge is 2.23. The molecule has 1 saturated heterocycles. The molecule has 0 atom stereocenters. The SMILES string of the molecule is COc1ccc(NC(=O)CN(C)CC(=O)N2CCN(c3ccccc3F)CC2)cc1. The van der Waals surface area contributed by atoms with Gasteiger partial charge in [-0.1, -0.05) is 12.1 Å². The first-order valence-electron chi connectivity index (χ1n) is 9.86. The summed E-state index contributed by atoms with van der Waals surface area (Å²) in [5.41, 5.74) is 1.24. The van der Waals surface area contributed by atoms with Gasteiger partial charge >= 0.3 is 0 Å². The van der Waals surface area contributed by atoms with Crippen molar-refractivity contribution >= 4 is 23.2 Å². The van der Waals surface area contributed by atoms with E-state index >= 15 is 0 Å². The first-order valence-corrected chi connectivity index (χ1v) is 9.86. The van der Waals surface area contributed by atoms with Crippen LogP contribution in [0, 0.1) is 5.82 Å². The number of piperazine rings is 1. The average molecular weight is 414 g/mol. The largest absolute Gasteiger partial charge is 0.497 e. The van der Waals surface area contributed by atoms with Gasteiger partial charge in [0.15, 0.2) is 0 Å². The number of carbonyl (C=O) groups is 2. The Labute approximate surface area is 176 Å². The van der Waals surface area contributed by atoms with Crippen molar-refractivity contribution in [1.29, 1.82) is 0 Å². The van der Waals surface area contributed by atoms with E-state index in [-0.39, 0.29) is 30.7 Å². The van der Waals surface area contributed by atoms with Gasteiger partial charge in [0.1, 0.15) is 11.6 Å². The van der Waals surface area contributed by atoms with Crippen LogP contribution in [0.25, 0.3) is 0 Å². The summed E-state index contributed by atoms with van der Waals surface area (Å²) in [6.07, 6.45) is 0. The summed E-state index contributed by atoms with van der Waals surface area (Å²) in [5.74, 6) is 0.230. The predicted octanol–water partition coefficient (Wildman–Crippen LogP) is 2.05. The summed E-state index contributed by atoms with van der Waals surface area (Å²) in [6, 6.07) is 13.7. The van der Waals surface area contributed by atoms with Crippen molar-refractivity contribution in [2.45, 2.75) is 0 Å². The highest BCUT2D eigenvalue weighted by molar-refractivity contribution is 5.92. The first kappa shape index (κ1) is 21.6. The highest BCUT2D eigenvalue weighted by Crippen LogP contribution is 2.20. The third-order valence-corrected chi connectivity index (χ3v) is 5.02. The number of likely N-dealkylation sites (N-methyl/N-ethyl adjacent to an activating group) is 1. The monoisotopic (exact) mass is 414 g/mol. The maximum absolute atomic E-state index is 13.9. The van der Waals surface area contributed by atoms with E-state index in [4.69, 9.17) is 4.74 Å². The number of carbonyl (C=O) groups excluding carboxylic acids is 2. The lowest BCUT2D eigenvalue weighted by Crippen LogP contribution is -2.51. The number of amides is 2. The lowest BCUT2D eigenvalue weighted by atomic mass is 10.2. The second-order valence-electron chi connectivity index (χ2n) is 7.27. The van der Waals surface area contributed by atoms with Crippen molar-refractivity contribution in [3.05, 3.63) is 54.3 Å². The first-order chi connectivity index (χ1) is 14.5. The van der Waals surface area contributed by atoms with Crippen LogP contribution in [-0.4, -0.2) is 75.0 Å². The van der Waals surface area contributed by atoms with Crippen molar-refractivity contribution in [2.75, 3.05) is 63.6 Å². The van der Waals surface area contributed by atoms with Crippen molar-refractivity contribution < 1.29 is 18.7 Å². The number of para-hydroxylation sites is 1. The molecule has 0 spiro atoms. The Kier molecular flexibility index (Phi) is 7.24. The van der Waals surface area contributed by atoms with Crippen LogP contribution in [0.5, 0.6) is 5.75 Å². The van der Waals surface area contributed by atoms with Crippen LogP contribution in [0.2, 0.25) is 0 Å². The van der Waals surface area contributed by atoms with Gasteiger partial charge in [-0.3, -0.25) is 14.5 Å². The molecule has 1 heterocycles. The number of nitrogens with zero attached hydrogens (tertiary/aromatic N) is 3. The summed E-state index contributed by atoms with van der Waals surface area (Å²) >= 11 is 0. The molecule has 0 aliphatic carbocycles. The van der Waals surface area contributed by atoms with Crippen LogP contribution < -0.4 is 15.0 Å². The molecule has 1 aliphatic heterocycles. The Morgan fingerprint density at radius 2 is 1.70 bits per heavy atom. The molecule has 0 saturated carbocycles. The number of benzene rings is 2. The molecule has 0 unspecified atom stereocenters. The summed E-state index contributed by atoms with van der Waals surface area (Å²) in [6.45, 7) is 2.46. The molecule has 7 nitrogen and oxygen atoms in total. The maximum Gasteiger partial charge on any atom is 0.238 e. The van der Waals surface area contributed by atoms with Gasteiger partial charge in [0.2, 0.25) is 11.8 Å². The van der Waals surface area contributed by atoms with Crippen LogP contribution in [0.4, 0.5) is 15.8 Å². The van der Waals surface area contributed by atoms with Crippen molar-refractivity contribution in [3.8, 4) is 5.75 Å². The van der Waals surface area contributed by atoms with Gasteiger partial charge in [0.05, 0.1) is 25.9 Å². The quantitative estimate of drug-likeness (QED) is 0.751. The number of halogens is 1. The summed E-state index contributed by atoms with van der Waals surface area (Å²) < 4.78 is 19.0. The van der Waals surface area contributed by atoms with Gasteiger partial charge in [0, 0.05) is 31.9 Å². The topological polar surface area (TPSA) is 65.1 Å². The Balaban J connectivity index is 1.43. The molecule has 0 radical (unpaired) electrons. The van der Waals surface area contributed by atoms with E-state index < -0.39 is 0 Å². The van der Waals surface area contributed by atoms with E-state index in [0.29, 0.717) is 43.3 Å². The van der Waals surface area contributed by atoms with Gasteiger partial charge in [0.25, 0.3) is 0 Å². The second kappa shape index (κ2) is 10.1. The molecule has 1 fully saturated rings. The minimum atomic E-state index is -0.250. The van der Waals surface area contributed by atoms with E-state index in [1.54, 1.807) is 60.4 Å². The molecule has 2 amide bonds. The molecule has 160 valence electrons. The van der Waals surface area contributed by atoms with Crippen molar-refractivity contribution in [2.24, 2.45) is 0 Å². The number of anilines is 2.